The number of ether oxygens (including phenoxy) is 3. The van der Waals surface area contributed by atoms with E-state index < -0.39 is 18.1 Å². The van der Waals surface area contributed by atoms with Crippen LogP contribution in [-0.2, 0) is 28.6 Å². The van der Waals surface area contributed by atoms with Crippen molar-refractivity contribution in [1.29, 1.82) is 0 Å². The van der Waals surface area contributed by atoms with Gasteiger partial charge >= 0.3 is 17.9 Å². The highest BCUT2D eigenvalue weighted by Gasteiger charge is 2.31. The molecule has 0 saturated heterocycles. The third-order valence-electron chi connectivity index (χ3n) is 8.12. The molecular formula is C43H72NO7+. The molecule has 2 unspecified atom stereocenters. The van der Waals surface area contributed by atoms with Crippen LogP contribution >= 0.6 is 0 Å². The van der Waals surface area contributed by atoms with Crippen molar-refractivity contribution in [2.45, 2.75) is 142 Å². The molecule has 0 saturated carbocycles. The van der Waals surface area contributed by atoms with Gasteiger partial charge in [0.15, 0.2) is 12.1 Å². The number of quaternary nitrogens is 1. The molecule has 0 fully saturated rings. The van der Waals surface area contributed by atoms with Gasteiger partial charge in [-0.1, -0.05) is 125 Å². The Hall–Kier alpha value is -3.23. The Morgan fingerprint density at radius 1 is 0.608 bits per heavy atom. The highest BCUT2D eigenvalue weighted by atomic mass is 16.6. The second-order valence-electron chi connectivity index (χ2n) is 13.8. The Morgan fingerprint density at radius 2 is 1.10 bits per heavy atom. The summed E-state index contributed by atoms with van der Waals surface area (Å²) >= 11 is 0. The Balaban J connectivity index is 4.41. The van der Waals surface area contributed by atoms with Crippen LogP contribution in [0.2, 0.25) is 0 Å². The Kier molecular flexibility index (Phi) is 31.7. The number of carbonyl (C=O) groups is 3. The smallest absolute Gasteiger partial charge is 0.362 e. The van der Waals surface area contributed by atoms with Crippen LogP contribution in [0, 0.1) is 0 Å². The third-order valence-corrected chi connectivity index (χ3v) is 8.12. The molecule has 8 nitrogen and oxygen atoms in total. The molecule has 0 heterocycles. The van der Waals surface area contributed by atoms with Gasteiger partial charge in [0.1, 0.15) is 6.61 Å². The average Bonchev–Trinajstić information content (AvgIpc) is 3.08. The summed E-state index contributed by atoms with van der Waals surface area (Å²) in [6.45, 7) is 4.48. The number of allylic oxidation sites excluding steroid dienone is 12. The number of unbranched alkanes of at least 4 members (excludes halogenated alkanes) is 7. The van der Waals surface area contributed by atoms with Crippen LogP contribution in [0.4, 0.5) is 0 Å². The Morgan fingerprint density at radius 3 is 1.61 bits per heavy atom. The van der Waals surface area contributed by atoms with E-state index in [0.29, 0.717) is 19.3 Å². The largest absolute Gasteiger partial charge is 0.477 e. The molecular weight excluding hydrogens is 642 g/mol. The number of esters is 2. The van der Waals surface area contributed by atoms with Crippen LogP contribution in [0.5, 0.6) is 0 Å². The summed E-state index contributed by atoms with van der Waals surface area (Å²) in [5.41, 5.74) is 0. The van der Waals surface area contributed by atoms with Crippen molar-refractivity contribution in [2.24, 2.45) is 0 Å². The molecule has 290 valence electrons. The fourth-order valence-electron chi connectivity index (χ4n) is 5.10. The maximum atomic E-state index is 12.5. The fourth-order valence-corrected chi connectivity index (χ4v) is 5.10. The van der Waals surface area contributed by atoms with E-state index in [9.17, 15) is 19.5 Å². The second kappa shape index (κ2) is 33.9. The lowest BCUT2D eigenvalue weighted by Gasteiger charge is -2.31. The zero-order valence-electron chi connectivity index (χ0n) is 32.8. The molecule has 8 heteroatoms. The summed E-state index contributed by atoms with van der Waals surface area (Å²) in [5, 5.41) is 9.56. The van der Waals surface area contributed by atoms with E-state index in [-0.39, 0.29) is 42.7 Å². The van der Waals surface area contributed by atoms with Gasteiger partial charge in [0.05, 0.1) is 34.4 Å². The van der Waals surface area contributed by atoms with Gasteiger partial charge in [-0.2, -0.15) is 0 Å². The minimum Gasteiger partial charge on any atom is -0.477 e. The zero-order valence-corrected chi connectivity index (χ0v) is 32.8. The number of carbonyl (C=O) groups excluding carboxylic acids is 2. The number of nitrogens with zero attached hydrogens (tertiary/aromatic N) is 1. The van der Waals surface area contributed by atoms with Gasteiger partial charge in [-0.15, -0.1) is 0 Å². The van der Waals surface area contributed by atoms with Crippen molar-refractivity contribution in [2.75, 3.05) is 41.0 Å². The summed E-state index contributed by atoms with van der Waals surface area (Å²) in [7, 11) is 5.48. The van der Waals surface area contributed by atoms with E-state index in [2.05, 4.69) is 86.8 Å². The van der Waals surface area contributed by atoms with E-state index in [4.69, 9.17) is 14.2 Å². The molecule has 0 aromatic carbocycles. The molecule has 0 bridgehead atoms. The van der Waals surface area contributed by atoms with Crippen LogP contribution in [0.25, 0.3) is 0 Å². The van der Waals surface area contributed by atoms with Gasteiger partial charge in [-0.25, -0.2) is 4.79 Å². The van der Waals surface area contributed by atoms with Gasteiger partial charge < -0.3 is 23.8 Å². The van der Waals surface area contributed by atoms with Crippen LogP contribution < -0.4 is 0 Å². The predicted octanol–water partition coefficient (Wildman–Crippen LogP) is 10.0. The van der Waals surface area contributed by atoms with Crippen molar-refractivity contribution in [1.82, 2.24) is 0 Å². The molecule has 51 heavy (non-hydrogen) atoms. The van der Waals surface area contributed by atoms with E-state index in [1.54, 1.807) is 0 Å². The van der Waals surface area contributed by atoms with Crippen molar-refractivity contribution in [3.05, 3.63) is 72.9 Å². The lowest BCUT2D eigenvalue weighted by molar-refractivity contribution is -0.887. The number of aliphatic carboxylic acids is 1. The standard InChI is InChI=1S/C43H71NO7/c1-6-8-10-12-14-15-16-17-18-19-20-21-22-23-24-25-26-28-29-31-33-41(45)50-38-39(37-49-36-35-40(43(47)48)44(3,4)5)51-42(46)34-32-30-27-13-11-9-7-2/h8,10,14-15,17-18,20-21,23-24,26,28,39-40H,6-7,9,11-13,16,19,22,25,27,29-38H2,1-5H3/p+1/b10-8+,15-14+,18-17+,21-20+,24-23+,28-26+. The molecule has 0 rings (SSSR count). The summed E-state index contributed by atoms with van der Waals surface area (Å²) in [6.07, 6.45) is 41.1. The van der Waals surface area contributed by atoms with Crippen molar-refractivity contribution in [3.63, 3.8) is 0 Å². The van der Waals surface area contributed by atoms with Gasteiger partial charge in [0.25, 0.3) is 0 Å². The molecule has 0 spiro atoms. The maximum absolute atomic E-state index is 12.5. The monoisotopic (exact) mass is 715 g/mol. The zero-order chi connectivity index (χ0) is 37.8. The Bertz CT molecular complexity index is 1060. The maximum Gasteiger partial charge on any atom is 0.362 e. The molecule has 0 aromatic rings. The number of carboxylic acids is 1. The highest BCUT2D eigenvalue weighted by molar-refractivity contribution is 5.72. The van der Waals surface area contributed by atoms with E-state index in [1.807, 2.05) is 21.1 Å². The van der Waals surface area contributed by atoms with Crippen LogP contribution in [-0.4, -0.2) is 80.6 Å². The first-order valence-corrected chi connectivity index (χ1v) is 19.5. The number of hydrogen-bond donors (Lipinski definition) is 1. The molecule has 0 aliphatic heterocycles. The molecule has 0 radical (unpaired) electrons. The lowest BCUT2D eigenvalue weighted by atomic mass is 10.1. The molecule has 0 amide bonds. The first-order valence-electron chi connectivity index (χ1n) is 19.5. The van der Waals surface area contributed by atoms with Crippen LogP contribution in [0.3, 0.4) is 0 Å². The summed E-state index contributed by atoms with van der Waals surface area (Å²) in [4.78, 5) is 36.6. The van der Waals surface area contributed by atoms with Gasteiger partial charge in [0, 0.05) is 19.3 Å². The minimum atomic E-state index is -0.887. The van der Waals surface area contributed by atoms with E-state index in [1.165, 1.54) is 25.7 Å². The van der Waals surface area contributed by atoms with E-state index in [0.717, 1.165) is 64.2 Å². The summed E-state index contributed by atoms with van der Waals surface area (Å²) in [6, 6.07) is -0.623. The number of likely N-dealkylation sites (N-methyl/N-ethyl adjacent to an activating group) is 1. The van der Waals surface area contributed by atoms with Gasteiger partial charge in [-0.05, 0) is 57.8 Å². The second-order valence-corrected chi connectivity index (χ2v) is 13.8. The van der Waals surface area contributed by atoms with Gasteiger partial charge in [-0.3, -0.25) is 9.59 Å². The van der Waals surface area contributed by atoms with Crippen molar-refractivity contribution >= 4 is 17.9 Å². The molecule has 2 atom stereocenters. The first kappa shape index (κ1) is 47.8. The lowest BCUT2D eigenvalue weighted by Crippen LogP contribution is -2.50. The number of carboxylic acid groups (broad SMARTS) is 1. The molecule has 1 N–H and O–H groups in total. The Labute approximate surface area is 311 Å². The number of rotatable bonds is 33. The molecule has 0 aromatic heterocycles. The average molecular weight is 715 g/mol. The van der Waals surface area contributed by atoms with Crippen molar-refractivity contribution < 1.29 is 38.2 Å². The quantitative estimate of drug-likeness (QED) is 0.0313. The number of hydrogen-bond acceptors (Lipinski definition) is 6. The van der Waals surface area contributed by atoms with E-state index >= 15 is 0 Å². The molecule has 0 aliphatic rings. The third kappa shape index (κ3) is 32.4. The van der Waals surface area contributed by atoms with Crippen LogP contribution in [0.1, 0.15) is 129 Å². The predicted molar refractivity (Wildman–Crippen MR) is 210 cm³/mol. The SMILES string of the molecule is CC/C=C/C/C=C/C/C=C/C/C=C/C/C=C/C/C=C/CCCC(=O)OCC(COCCC(C(=O)O)[N+](C)(C)C)OC(=O)CCCCCCCCC. The normalized spacial score (nSPS) is 13.8. The summed E-state index contributed by atoms with van der Waals surface area (Å²) in [5.74, 6) is -1.56. The van der Waals surface area contributed by atoms with Gasteiger partial charge in [0.2, 0.25) is 0 Å². The van der Waals surface area contributed by atoms with Crippen LogP contribution in [0.15, 0.2) is 72.9 Å². The van der Waals surface area contributed by atoms with Crippen molar-refractivity contribution in [3.8, 4) is 0 Å². The fraction of sp³-hybridized carbons (Fsp3) is 0.651. The molecule has 0 aliphatic carbocycles. The highest BCUT2D eigenvalue weighted by Crippen LogP contribution is 2.12. The summed E-state index contributed by atoms with van der Waals surface area (Å²) < 4.78 is 17.1. The first-order chi connectivity index (χ1) is 24.6. The topological polar surface area (TPSA) is 99.1 Å². The minimum absolute atomic E-state index is 0.0397.